The highest BCUT2D eigenvalue weighted by molar-refractivity contribution is 6.32. The molecule has 7 heteroatoms. The summed E-state index contributed by atoms with van der Waals surface area (Å²) >= 11 is 6.03. The molecule has 0 heterocycles. The van der Waals surface area contributed by atoms with Crippen LogP contribution in [-0.2, 0) is 11.2 Å². The van der Waals surface area contributed by atoms with Crippen LogP contribution in [0.15, 0.2) is 54.2 Å². The second kappa shape index (κ2) is 10.1. The molecule has 6 nitrogen and oxygen atoms in total. The quantitative estimate of drug-likeness (QED) is 0.412. The number of rotatable bonds is 8. The molecule has 0 fully saturated rings. The van der Waals surface area contributed by atoms with Gasteiger partial charge in [0.1, 0.15) is 23.1 Å². The van der Waals surface area contributed by atoms with Crippen LogP contribution in [-0.4, -0.2) is 26.7 Å². The molecule has 0 spiro atoms. The van der Waals surface area contributed by atoms with Gasteiger partial charge in [-0.3, -0.25) is 4.79 Å². The molecule has 2 rings (SSSR count). The summed E-state index contributed by atoms with van der Waals surface area (Å²) in [5, 5.41) is 15.2. The molecule has 2 aromatic rings. The number of anilines is 1. The van der Waals surface area contributed by atoms with Crippen LogP contribution in [0.25, 0.3) is 0 Å². The molecule has 0 atom stereocenters. The first-order valence-electron chi connectivity index (χ1n) is 8.19. The molecular formula is C20H20ClN3O3. The summed E-state index contributed by atoms with van der Waals surface area (Å²) in [6.07, 6.45) is 2.09. The summed E-state index contributed by atoms with van der Waals surface area (Å²) in [5.41, 5.74) is 1.47. The van der Waals surface area contributed by atoms with Crippen molar-refractivity contribution in [3.8, 4) is 17.6 Å². The van der Waals surface area contributed by atoms with Crippen molar-refractivity contribution in [2.45, 2.75) is 6.42 Å². The number of benzene rings is 2. The van der Waals surface area contributed by atoms with E-state index in [0.29, 0.717) is 29.4 Å². The Morgan fingerprint density at radius 3 is 2.59 bits per heavy atom. The number of hydrogen-bond acceptors (Lipinski definition) is 5. The molecular weight excluding hydrogens is 366 g/mol. The summed E-state index contributed by atoms with van der Waals surface area (Å²) in [6.45, 7) is 0.549. The van der Waals surface area contributed by atoms with Crippen LogP contribution in [0.4, 0.5) is 5.69 Å². The summed E-state index contributed by atoms with van der Waals surface area (Å²) in [7, 11) is 3.13. The largest absolute Gasteiger partial charge is 0.496 e. The lowest BCUT2D eigenvalue weighted by molar-refractivity contribution is -0.112. The maximum absolute atomic E-state index is 12.2. The average Bonchev–Trinajstić information content (AvgIpc) is 2.68. The van der Waals surface area contributed by atoms with E-state index < -0.39 is 5.91 Å². The lowest BCUT2D eigenvalue weighted by Crippen LogP contribution is -2.18. The van der Waals surface area contributed by atoms with Gasteiger partial charge in [0, 0.05) is 18.4 Å². The fourth-order valence-electron chi connectivity index (χ4n) is 2.38. The van der Waals surface area contributed by atoms with E-state index in [-0.39, 0.29) is 5.57 Å². The van der Waals surface area contributed by atoms with Crippen LogP contribution in [0.1, 0.15) is 5.56 Å². The van der Waals surface area contributed by atoms with Gasteiger partial charge in [0.25, 0.3) is 5.91 Å². The molecule has 0 bridgehead atoms. The summed E-state index contributed by atoms with van der Waals surface area (Å²) < 4.78 is 10.4. The zero-order chi connectivity index (χ0) is 19.6. The number of methoxy groups -OCH3 is 2. The van der Waals surface area contributed by atoms with Crippen molar-refractivity contribution < 1.29 is 14.3 Å². The van der Waals surface area contributed by atoms with Gasteiger partial charge >= 0.3 is 0 Å². The third-order valence-corrected chi connectivity index (χ3v) is 4.05. The molecule has 27 heavy (non-hydrogen) atoms. The first-order chi connectivity index (χ1) is 13.1. The highest BCUT2D eigenvalue weighted by Gasteiger charge is 2.10. The lowest BCUT2D eigenvalue weighted by atomic mass is 10.1. The molecule has 0 aliphatic heterocycles. The number of carbonyl (C=O) groups excluding carboxylic acids is 1. The number of nitrogens with zero attached hydrogens (tertiary/aromatic N) is 1. The zero-order valence-electron chi connectivity index (χ0n) is 15.1. The fourth-order valence-corrected chi connectivity index (χ4v) is 2.64. The fraction of sp³-hybridized carbons (Fsp3) is 0.200. The van der Waals surface area contributed by atoms with E-state index in [4.69, 9.17) is 21.1 Å². The average molecular weight is 386 g/mol. The smallest absolute Gasteiger partial charge is 0.267 e. The van der Waals surface area contributed by atoms with Gasteiger partial charge in [0.05, 0.1) is 19.2 Å². The van der Waals surface area contributed by atoms with Gasteiger partial charge in [0.2, 0.25) is 0 Å². The standard InChI is InChI=1S/C20H20ClN3O3/c1-26-18-6-4-3-5-14(18)9-10-23-13-15(12-22)20(25)24-16-7-8-19(27-2)17(21)11-16/h3-8,11,13,23H,9-10H2,1-2H3,(H,24,25)/b15-13-. The second-order valence-electron chi connectivity index (χ2n) is 5.49. The zero-order valence-corrected chi connectivity index (χ0v) is 15.8. The van der Waals surface area contributed by atoms with E-state index >= 15 is 0 Å². The minimum atomic E-state index is -0.525. The first kappa shape index (κ1) is 20.1. The van der Waals surface area contributed by atoms with Gasteiger partial charge in [0.15, 0.2) is 0 Å². The molecule has 2 N–H and O–H groups in total. The summed E-state index contributed by atoms with van der Waals surface area (Å²) in [6, 6.07) is 14.4. The van der Waals surface area contributed by atoms with Crippen LogP contribution in [0.5, 0.6) is 11.5 Å². The molecule has 2 aromatic carbocycles. The number of hydrogen-bond donors (Lipinski definition) is 2. The van der Waals surface area contributed by atoms with E-state index in [1.165, 1.54) is 13.3 Å². The molecule has 0 radical (unpaired) electrons. The van der Waals surface area contributed by atoms with Gasteiger partial charge in [-0.05, 0) is 36.2 Å². The Morgan fingerprint density at radius 1 is 1.19 bits per heavy atom. The van der Waals surface area contributed by atoms with E-state index in [1.807, 2.05) is 30.3 Å². The SMILES string of the molecule is COc1ccc(NC(=O)/C(C#N)=C\NCCc2ccccc2OC)cc1Cl. The minimum absolute atomic E-state index is 0.0398. The van der Waals surface area contributed by atoms with Crippen molar-refractivity contribution in [1.29, 1.82) is 5.26 Å². The van der Waals surface area contributed by atoms with Gasteiger partial charge in [-0.2, -0.15) is 5.26 Å². The Kier molecular flexibility index (Phi) is 7.53. The van der Waals surface area contributed by atoms with Crippen LogP contribution in [0, 0.1) is 11.3 Å². The highest BCUT2D eigenvalue weighted by atomic mass is 35.5. The van der Waals surface area contributed by atoms with Gasteiger partial charge in [-0.15, -0.1) is 0 Å². The van der Waals surface area contributed by atoms with Gasteiger partial charge in [-0.25, -0.2) is 0 Å². The maximum atomic E-state index is 12.2. The van der Waals surface area contributed by atoms with E-state index in [0.717, 1.165) is 11.3 Å². The number of ether oxygens (including phenoxy) is 2. The monoisotopic (exact) mass is 385 g/mol. The van der Waals surface area contributed by atoms with Crippen molar-refractivity contribution in [2.75, 3.05) is 26.1 Å². The Labute approximate surface area is 163 Å². The lowest BCUT2D eigenvalue weighted by Gasteiger charge is -2.09. The van der Waals surface area contributed by atoms with E-state index in [9.17, 15) is 10.1 Å². The Balaban J connectivity index is 1.94. The van der Waals surface area contributed by atoms with Gasteiger partial charge < -0.3 is 20.1 Å². The topological polar surface area (TPSA) is 83.4 Å². The molecule has 0 aliphatic carbocycles. The van der Waals surface area contributed by atoms with E-state index in [2.05, 4.69) is 10.6 Å². The van der Waals surface area contributed by atoms with Crippen molar-refractivity contribution in [3.05, 3.63) is 64.8 Å². The van der Waals surface area contributed by atoms with Gasteiger partial charge in [-0.1, -0.05) is 29.8 Å². The Morgan fingerprint density at radius 2 is 1.93 bits per heavy atom. The van der Waals surface area contributed by atoms with Crippen LogP contribution < -0.4 is 20.1 Å². The number of para-hydroxylation sites is 1. The molecule has 0 aromatic heterocycles. The highest BCUT2D eigenvalue weighted by Crippen LogP contribution is 2.27. The van der Waals surface area contributed by atoms with Crippen LogP contribution >= 0.6 is 11.6 Å². The normalized spacial score (nSPS) is 10.7. The molecule has 0 saturated carbocycles. The molecule has 0 unspecified atom stereocenters. The molecule has 140 valence electrons. The van der Waals surface area contributed by atoms with Crippen molar-refractivity contribution in [1.82, 2.24) is 5.32 Å². The van der Waals surface area contributed by atoms with Crippen molar-refractivity contribution in [3.63, 3.8) is 0 Å². The first-order valence-corrected chi connectivity index (χ1v) is 8.57. The van der Waals surface area contributed by atoms with Crippen LogP contribution in [0.3, 0.4) is 0 Å². The third kappa shape index (κ3) is 5.66. The predicted molar refractivity (Wildman–Crippen MR) is 105 cm³/mol. The number of nitrogens with one attached hydrogen (secondary N) is 2. The maximum Gasteiger partial charge on any atom is 0.267 e. The number of nitriles is 1. The summed E-state index contributed by atoms with van der Waals surface area (Å²) in [4.78, 5) is 12.2. The summed E-state index contributed by atoms with van der Waals surface area (Å²) in [5.74, 6) is 0.783. The van der Waals surface area contributed by atoms with Crippen molar-refractivity contribution in [2.24, 2.45) is 0 Å². The third-order valence-electron chi connectivity index (χ3n) is 3.75. The molecule has 0 aliphatic rings. The minimum Gasteiger partial charge on any atom is -0.496 e. The number of amides is 1. The van der Waals surface area contributed by atoms with Crippen molar-refractivity contribution >= 4 is 23.2 Å². The van der Waals surface area contributed by atoms with Crippen LogP contribution in [0.2, 0.25) is 5.02 Å². The number of halogens is 1. The van der Waals surface area contributed by atoms with E-state index in [1.54, 1.807) is 25.3 Å². The molecule has 0 saturated heterocycles. The second-order valence-corrected chi connectivity index (χ2v) is 5.90. The molecule has 1 amide bonds. The number of carbonyl (C=O) groups is 1. The predicted octanol–water partition coefficient (Wildman–Crippen LogP) is 3.54. The Hall–Kier alpha value is -3.17. The Bertz CT molecular complexity index is 875.